The highest BCUT2D eigenvalue weighted by atomic mass is 32.2. The monoisotopic (exact) mass is 281 g/mol. The van der Waals surface area contributed by atoms with E-state index >= 15 is 0 Å². The Morgan fingerprint density at radius 1 is 1.26 bits per heavy atom. The minimum atomic E-state index is -0.314. The molecule has 0 spiro atoms. The summed E-state index contributed by atoms with van der Waals surface area (Å²) in [7, 11) is 0. The molecule has 0 fully saturated rings. The first-order chi connectivity index (χ1) is 9.18. The molecule has 0 bridgehead atoms. The zero-order chi connectivity index (χ0) is 14.1. The first-order valence-electron chi connectivity index (χ1n) is 7.21. The van der Waals surface area contributed by atoms with Crippen LogP contribution in [0.5, 0.6) is 0 Å². The summed E-state index contributed by atoms with van der Waals surface area (Å²) in [5, 5.41) is 14.1. The number of hydrogen-bond donors (Lipinski definition) is 2. The lowest BCUT2D eigenvalue weighted by atomic mass is 9.92. The fraction of sp³-hybridized carbons (Fsp3) is 0.625. The summed E-state index contributed by atoms with van der Waals surface area (Å²) >= 11 is 1.93. The Hall–Kier alpha value is -0.510. The van der Waals surface area contributed by atoms with Gasteiger partial charge < -0.3 is 10.4 Å². The van der Waals surface area contributed by atoms with Crippen molar-refractivity contribution in [3.05, 3.63) is 35.9 Å². The van der Waals surface area contributed by atoms with E-state index in [-0.39, 0.29) is 12.1 Å². The Kier molecular flexibility index (Phi) is 7.51. The van der Waals surface area contributed by atoms with Crippen molar-refractivity contribution < 1.29 is 5.11 Å². The number of aliphatic hydroxyl groups is 1. The van der Waals surface area contributed by atoms with E-state index in [9.17, 15) is 5.11 Å². The number of benzene rings is 1. The molecular weight excluding hydrogens is 254 g/mol. The zero-order valence-corrected chi connectivity index (χ0v) is 13.2. The second-order valence-electron chi connectivity index (χ2n) is 5.06. The Labute approximate surface area is 122 Å². The van der Waals surface area contributed by atoms with Crippen LogP contribution in [0.25, 0.3) is 0 Å². The van der Waals surface area contributed by atoms with E-state index in [1.54, 1.807) is 0 Å². The molecule has 0 aliphatic heterocycles. The molecule has 0 amide bonds. The summed E-state index contributed by atoms with van der Waals surface area (Å²) in [4.78, 5) is 0. The van der Waals surface area contributed by atoms with Crippen molar-refractivity contribution in [1.82, 2.24) is 5.32 Å². The molecule has 1 rings (SSSR count). The van der Waals surface area contributed by atoms with Crippen LogP contribution in [-0.4, -0.2) is 29.3 Å². The second-order valence-corrected chi connectivity index (χ2v) is 6.49. The Bertz CT molecular complexity index is 344. The van der Waals surface area contributed by atoms with Crippen molar-refractivity contribution in [3.63, 3.8) is 0 Å². The highest BCUT2D eigenvalue weighted by molar-refractivity contribution is 7.99. The molecule has 1 aromatic rings. The molecule has 19 heavy (non-hydrogen) atoms. The van der Waals surface area contributed by atoms with Gasteiger partial charge in [0.15, 0.2) is 0 Å². The molecule has 2 nitrogen and oxygen atoms in total. The number of hydrogen-bond acceptors (Lipinski definition) is 3. The normalized spacial score (nSPS) is 16.0. The van der Waals surface area contributed by atoms with E-state index in [1.165, 1.54) is 5.56 Å². The summed E-state index contributed by atoms with van der Waals surface area (Å²) in [6, 6.07) is 10.3. The largest absolute Gasteiger partial charge is 0.394 e. The number of thioether (sulfide) groups is 1. The molecule has 0 heterocycles. The Morgan fingerprint density at radius 3 is 2.47 bits per heavy atom. The molecule has 0 saturated heterocycles. The van der Waals surface area contributed by atoms with Crippen LogP contribution in [0.15, 0.2) is 30.3 Å². The van der Waals surface area contributed by atoms with Gasteiger partial charge in [0.05, 0.1) is 12.1 Å². The SMILES string of the molecule is CCCNC(CO)(CSC(C)CC)c1ccccc1. The molecule has 0 aliphatic carbocycles. The highest BCUT2D eigenvalue weighted by Crippen LogP contribution is 2.28. The standard InChI is InChI=1S/C16H27NOS/c1-4-11-17-16(12-18,13-19-14(3)5-2)15-9-7-6-8-10-15/h6-10,14,17-18H,4-5,11-13H2,1-3H3. The van der Waals surface area contributed by atoms with Gasteiger partial charge in [0, 0.05) is 11.0 Å². The van der Waals surface area contributed by atoms with Gasteiger partial charge in [0.2, 0.25) is 0 Å². The molecule has 0 radical (unpaired) electrons. The van der Waals surface area contributed by atoms with Gasteiger partial charge >= 0.3 is 0 Å². The van der Waals surface area contributed by atoms with Gasteiger partial charge in [-0.1, -0.05) is 51.1 Å². The maximum Gasteiger partial charge on any atom is 0.0760 e. The molecule has 0 aliphatic rings. The number of aliphatic hydroxyl groups excluding tert-OH is 1. The van der Waals surface area contributed by atoms with E-state index in [2.05, 4.69) is 38.2 Å². The molecule has 1 aromatic carbocycles. The average molecular weight is 281 g/mol. The first kappa shape index (κ1) is 16.5. The second kappa shape index (κ2) is 8.62. The Balaban J connectivity index is 2.87. The van der Waals surface area contributed by atoms with Crippen molar-refractivity contribution in [2.75, 3.05) is 18.9 Å². The first-order valence-corrected chi connectivity index (χ1v) is 8.26. The quantitative estimate of drug-likeness (QED) is 0.727. The van der Waals surface area contributed by atoms with E-state index in [0.717, 1.165) is 25.1 Å². The fourth-order valence-corrected chi connectivity index (χ4v) is 3.12. The van der Waals surface area contributed by atoms with Crippen LogP contribution in [0, 0.1) is 0 Å². The maximum absolute atomic E-state index is 9.97. The van der Waals surface area contributed by atoms with Gasteiger partial charge in [0.25, 0.3) is 0 Å². The van der Waals surface area contributed by atoms with Crippen LogP contribution < -0.4 is 5.32 Å². The van der Waals surface area contributed by atoms with Gasteiger partial charge in [0.1, 0.15) is 0 Å². The van der Waals surface area contributed by atoms with Crippen molar-refractivity contribution >= 4 is 11.8 Å². The lowest BCUT2D eigenvalue weighted by Gasteiger charge is -2.34. The minimum absolute atomic E-state index is 0.139. The summed E-state index contributed by atoms with van der Waals surface area (Å²) < 4.78 is 0. The predicted molar refractivity (Wildman–Crippen MR) is 85.7 cm³/mol. The molecule has 0 saturated carbocycles. The average Bonchev–Trinajstić information content (AvgIpc) is 2.48. The van der Waals surface area contributed by atoms with Crippen LogP contribution in [0.2, 0.25) is 0 Å². The zero-order valence-electron chi connectivity index (χ0n) is 12.4. The van der Waals surface area contributed by atoms with Gasteiger partial charge in [-0.2, -0.15) is 11.8 Å². The Morgan fingerprint density at radius 2 is 1.95 bits per heavy atom. The van der Waals surface area contributed by atoms with Crippen molar-refractivity contribution in [2.45, 2.75) is 44.4 Å². The van der Waals surface area contributed by atoms with E-state index in [4.69, 9.17) is 0 Å². The fourth-order valence-electron chi connectivity index (χ4n) is 1.95. The lowest BCUT2D eigenvalue weighted by molar-refractivity contribution is 0.179. The third-order valence-corrected chi connectivity index (χ3v) is 5.06. The van der Waals surface area contributed by atoms with E-state index < -0.39 is 0 Å². The molecule has 108 valence electrons. The van der Waals surface area contributed by atoms with Crippen molar-refractivity contribution in [3.8, 4) is 0 Å². The topological polar surface area (TPSA) is 32.3 Å². The summed E-state index contributed by atoms with van der Waals surface area (Å²) in [6.45, 7) is 7.68. The third kappa shape index (κ3) is 4.83. The predicted octanol–water partition coefficient (Wildman–Crippen LogP) is 3.41. The van der Waals surface area contributed by atoms with Crippen LogP contribution in [0.3, 0.4) is 0 Å². The number of rotatable bonds is 9. The summed E-state index contributed by atoms with van der Waals surface area (Å²) in [5.74, 6) is 0.905. The van der Waals surface area contributed by atoms with Gasteiger partial charge in [-0.25, -0.2) is 0 Å². The van der Waals surface area contributed by atoms with Crippen LogP contribution >= 0.6 is 11.8 Å². The molecule has 2 atom stereocenters. The lowest BCUT2D eigenvalue weighted by Crippen LogP contribution is -2.48. The maximum atomic E-state index is 9.97. The van der Waals surface area contributed by atoms with Gasteiger partial charge in [-0.05, 0) is 24.9 Å². The van der Waals surface area contributed by atoms with Crippen molar-refractivity contribution in [2.24, 2.45) is 0 Å². The molecule has 2 N–H and O–H groups in total. The van der Waals surface area contributed by atoms with Crippen molar-refractivity contribution in [1.29, 1.82) is 0 Å². The van der Waals surface area contributed by atoms with Gasteiger partial charge in [-0.15, -0.1) is 0 Å². The van der Waals surface area contributed by atoms with E-state index in [1.807, 2.05) is 30.0 Å². The van der Waals surface area contributed by atoms with Crippen LogP contribution in [0.4, 0.5) is 0 Å². The smallest absolute Gasteiger partial charge is 0.0760 e. The molecule has 3 heteroatoms. The third-order valence-electron chi connectivity index (χ3n) is 3.50. The van der Waals surface area contributed by atoms with E-state index in [0.29, 0.717) is 5.25 Å². The molecular formula is C16H27NOS. The minimum Gasteiger partial charge on any atom is -0.394 e. The number of nitrogens with one attached hydrogen (secondary N) is 1. The van der Waals surface area contributed by atoms with Crippen LogP contribution in [-0.2, 0) is 5.54 Å². The molecule has 2 unspecified atom stereocenters. The summed E-state index contributed by atoms with van der Waals surface area (Å²) in [6.07, 6.45) is 2.23. The van der Waals surface area contributed by atoms with Gasteiger partial charge in [-0.3, -0.25) is 0 Å². The summed E-state index contributed by atoms with van der Waals surface area (Å²) in [5.41, 5.74) is 0.868. The molecule has 0 aromatic heterocycles. The highest BCUT2D eigenvalue weighted by Gasteiger charge is 2.31. The van der Waals surface area contributed by atoms with Crippen LogP contribution in [0.1, 0.15) is 39.2 Å².